The molecule has 1 amide bonds. The molecule has 0 radical (unpaired) electrons. The van der Waals surface area contributed by atoms with Gasteiger partial charge in [0.2, 0.25) is 5.91 Å². The van der Waals surface area contributed by atoms with Gasteiger partial charge in [0.25, 0.3) is 0 Å². The van der Waals surface area contributed by atoms with Gasteiger partial charge in [0.05, 0.1) is 0 Å². The highest BCUT2D eigenvalue weighted by Gasteiger charge is 2.20. The molecule has 1 aromatic rings. The summed E-state index contributed by atoms with van der Waals surface area (Å²) >= 11 is 0. The third kappa shape index (κ3) is 4.49. The molecule has 0 bridgehead atoms. The lowest BCUT2D eigenvalue weighted by Crippen LogP contribution is -2.48. The van der Waals surface area contributed by atoms with Crippen LogP contribution in [-0.4, -0.2) is 37.0 Å². The van der Waals surface area contributed by atoms with Crippen molar-refractivity contribution in [1.82, 2.24) is 4.90 Å². The third-order valence-corrected chi connectivity index (χ3v) is 5.58. The molecule has 1 fully saturated rings. The lowest BCUT2D eigenvalue weighted by atomic mass is 9.86. The van der Waals surface area contributed by atoms with E-state index in [1.165, 1.54) is 23.2 Å². The van der Waals surface area contributed by atoms with Crippen molar-refractivity contribution in [1.29, 1.82) is 0 Å². The predicted molar refractivity (Wildman–Crippen MR) is 98.0 cm³/mol. The number of benzene rings is 1. The van der Waals surface area contributed by atoms with Crippen molar-refractivity contribution in [3.05, 3.63) is 29.3 Å². The van der Waals surface area contributed by atoms with Gasteiger partial charge in [0, 0.05) is 38.8 Å². The highest BCUT2D eigenvalue weighted by atomic mass is 16.2. The molecule has 128 valence electrons. The maximum atomic E-state index is 11.5. The molecule has 2 atom stereocenters. The molecule has 2 rings (SSSR count). The van der Waals surface area contributed by atoms with Gasteiger partial charge in [0.1, 0.15) is 0 Å². The fourth-order valence-electron chi connectivity index (χ4n) is 3.30. The van der Waals surface area contributed by atoms with Crippen LogP contribution in [0.2, 0.25) is 0 Å². The van der Waals surface area contributed by atoms with Crippen LogP contribution >= 0.6 is 0 Å². The molecule has 23 heavy (non-hydrogen) atoms. The number of rotatable bonds is 5. The van der Waals surface area contributed by atoms with Crippen LogP contribution in [-0.2, 0) is 11.2 Å². The van der Waals surface area contributed by atoms with E-state index in [0.717, 1.165) is 38.5 Å². The van der Waals surface area contributed by atoms with Crippen molar-refractivity contribution < 1.29 is 4.79 Å². The van der Waals surface area contributed by atoms with Gasteiger partial charge >= 0.3 is 0 Å². The van der Waals surface area contributed by atoms with Gasteiger partial charge in [0.15, 0.2) is 0 Å². The van der Waals surface area contributed by atoms with Gasteiger partial charge in [-0.05, 0) is 48.4 Å². The highest BCUT2D eigenvalue weighted by Crippen LogP contribution is 2.26. The van der Waals surface area contributed by atoms with E-state index in [9.17, 15) is 4.79 Å². The van der Waals surface area contributed by atoms with Gasteiger partial charge in [-0.1, -0.05) is 33.3 Å². The van der Waals surface area contributed by atoms with Gasteiger partial charge in [-0.25, -0.2) is 0 Å². The van der Waals surface area contributed by atoms with E-state index in [4.69, 9.17) is 0 Å². The van der Waals surface area contributed by atoms with Crippen LogP contribution in [0.4, 0.5) is 5.69 Å². The second-order valence-electron chi connectivity index (χ2n) is 7.17. The summed E-state index contributed by atoms with van der Waals surface area (Å²) in [5.41, 5.74) is 4.18. The van der Waals surface area contributed by atoms with Crippen molar-refractivity contribution in [2.24, 2.45) is 11.8 Å². The summed E-state index contributed by atoms with van der Waals surface area (Å²) in [6.45, 7) is 14.4. The van der Waals surface area contributed by atoms with Crippen LogP contribution in [0.15, 0.2) is 18.2 Å². The van der Waals surface area contributed by atoms with E-state index in [1.54, 1.807) is 6.92 Å². The molecule has 3 heteroatoms. The molecule has 1 aliphatic heterocycles. The van der Waals surface area contributed by atoms with Crippen molar-refractivity contribution in [3.8, 4) is 0 Å². The number of nitrogens with zero attached hydrogens (tertiary/aromatic N) is 2. The van der Waals surface area contributed by atoms with Crippen LogP contribution in [0.3, 0.4) is 0 Å². The Labute approximate surface area is 141 Å². The maximum Gasteiger partial charge on any atom is 0.219 e. The number of anilines is 1. The van der Waals surface area contributed by atoms with Crippen molar-refractivity contribution >= 4 is 11.6 Å². The molecule has 0 saturated carbocycles. The summed E-state index contributed by atoms with van der Waals surface area (Å²) in [5, 5.41) is 0. The topological polar surface area (TPSA) is 23.6 Å². The Bertz CT molecular complexity index is 532. The summed E-state index contributed by atoms with van der Waals surface area (Å²) in [5.74, 6) is 1.66. The number of hydrogen-bond donors (Lipinski definition) is 0. The van der Waals surface area contributed by atoms with Gasteiger partial charge in [-0.2, -0.15) is 0 Å². The summed E-state index contributed by atoms with van der Waals surface area (Å²) in [7, 11) is 0. The minimum absolute atomic E-state index is 0.191. The first-order valence-corrected chi connectivity index (χ1v) is 9.02. The smallest absolute Gasteiger partial charge is 0.219 e. The number of carbonyl (C=O) groups excluding carboxylic acids is 1. The van der Waals surface area contributed by atoms with E-state index >= 15 is 0 Å². The lowest BCUT2D eigenvalue weighted by Gasteiger charge is -2.36. The van der Waals surface area contributed by atoms with Crippen LogP contribution < -0.4 is 4.90 Å². The predicted octanol–water partition coefficient (Wildman–Crippen LogP) is 3.89. The van der Waals surface area contributed by atoms with E-state index in [-0.39, 0.29) is 5.91 Å². The molecular formula is C20H32N2O. The molecule has 1 unspecified atom stereocenters. The van der Waals surface area contributed by atoms with E-state index in [2.05, 4.69) is 50.8 Å². The number of hydrogen-bond acceptors (Lipinski definition) is 2. The summed E-state index contributed by atoms with van der Waals surface area (Å²) in [6.07, 6.45) is 2.40. The second-order valence-corrected chi connectivity index (χ2v) is 7.17. The van der Waals surface area contributed by atoms with E-state index in [1.807, 2.05) is 4.90 Å². The standard InChI is InChI=1S/C20H32N2O/c1-6-15(2)17(4)13-19-14-20(8-7-16(19)3)22-11-9-21(10-12-22)18(5)23/h7-8,14-15,17H,6,9-13H2,1-5H3/t15-,17?/m0/s1. The van der Waals surface area contributed by atoms with Crippen LogP contribution in [0.25, 0.3) is 0 Å². The van der Waals surface area contributed by atoms with Gasteiger partial charge in [-0.15, -0.1) is 0 Å². The molecule has 3 nitrogen and oxygen atoms in total. The van der Waals surface area contributed by atoms with Gasteiger partial charge in [-0.3, -0.25) is 4.79 Å². The number of piperazine rings is 1. The molecule has 1 saturated heterocycles. The highest BCUT2D eigenvalue weighted by molar-refractivity contribution is 5.73. The first-order chi connectivity index (χ1) is 10.9. The maximum absolute atomic E-state index is 11.5. The van der Waals surface area contributed by atoms with Crippen LogP contribution in [0.1, 0.15) is 45.2 Å². The monoisotopic (exact) mass is 316 g/mol. The molecule has 1 aromatic carbocycles. The lowest BCUT2D eigenvalue weighted by molar-refractivity contribution is -0.129. The first kappa shape index (κ1) is 17.8. The minimum atomic E-state index is 0.191. The van der Waals surface area contributed by atoms with Crippen LogP contribution in [0, 0.1) is 18.8 Å². The van der Waals surface area contributed by atoms with Gasteiger partial charge < -0.3 is 9.80 Å². The fraction of sp³-hybridized carbons (Fsp3) is 0.650. The Hall–Kier alpha value is -1.51. The molecule has 1 heterocycles. The Kier molecular flexibility index (Phi) is 6.09. The number of amides is 1. The normalized spacial score (nSPS) is 18.0. The zero-order valence-corrected chi connectivity index (χ0v) is 15.4. The molecule has 0 aliphatic carbocycles. The summed E-state index contributed by atoms with van der Waals surface area (Å²) < 4.78 is 0. The number of aryl methyl sites for hydroxylation is 1. The first-order valence-electron chi connectivity index (χ1n) is 9.02. The zero-order chi connectivity index (χ0) is 17.0. The average molecular weight is 316 g/mol. The van der Waals surface area contributed by atoms with E-state index < -0.39 is 0 Å². The second kappa shape index (κ2) is 7.85. The molecule has 1 aliphatic rings. The van der Waals surface area contributed by atoms with Crippen LogP contribution in [0.5, 0.6) is 0 Å². The molecule has 0 N–H and O–H groups in total. The van der Waals surface area contributed by atoms with Crippen molar-refractivity contribution in [3.63, 3.8) is 0 Å². The summed E-state index contributed by atoms with van der Waals surface area (Å²) in [6, 6.07) is 6.86. The zero-order valence-electron chi connectivity index (χ0n) is 15.4. The minimum Gasteiger partial charge on any atom is -0.368 e. The average Bonchev–Trinajstić information content (AvgIpc) is 2.56. The third-order valence-electron chi connectivity index (χ3n) is 5.58. The van der Waals surface area contributed by atoms with Crippen molar-refractivity contribution in [2.75, 3.05) is 31.1 Å². The molecular weight excluding hydrogens is 284 g/mol. The Morgan fingerprint density at radius 1 is 1.13 bits per heavy atom. The van der Waals surface area contributed by atoms with E-state index in [0.29, 0.717) is 5.92 Å². The SMILES string of the molecule is CC[C@H](C)C(C)Cc1cc(N2CCN(C(C)=O)CC2)ccc1C. The van der Waals surface area contributed by atoms with Crippen molar-refractivity contribution in [2.45, 2.75) is 47.5 Å². The fourth-order valence-corrected chi connectivity index (χ4v) is 3.30. The quantitative estimate of drug-likeness (QED) is 0.823. The molecule has 0 aromatic heterocycles. The molecule has 0 spiro atoms. The Morgan fingerprint density at radius 3 is 2.35 bits per heavy atom. The summed E-state index contributed by atoms with van der Waals surface area (Å²) in [4.78, 5) is 15.8. The Morgan fingerprint density at radius 2 is 1.78 bits per heavy atom. The largest absolute Gasteiger partial charge is 0.368 e. The Balaban J connectivity index is 2.07. The number of carbonyl (C=O) groups is 1.